The molecule has 0 saturated carbocycles. The van der Waals surface area contributed by atoms with Gasteiger partial charge in [-0.2, -0.15) is 0 Å². The van der Waals surface area contributed by atoms with Gasteiger partial charge in [-0.3, -0.25) is 4.79 Å². The fraction of sp³-hybridized carbons (Fsp3) is 0.167. The average Bonchev–Trinajstić information content (AvgIpc) is 2.86. The number of esters is 1. The molecular formula is C12H12N4O4. The monoisotopic (exact) mass is 276 g/mol. The third-order valence-electron chi connectivity index (χ3n) is 2.56. The second-order valence-corrected chi connectivity index (χ2v) is 3.99. The van der Waals surface area contributed by atoms with Gasteiger partial charge in [-0.05, 0) is 29.4 Å². The Morgan fingerprint density at radius 3 is 2.70 bits per heavy atom. The fourth-order valence-corrected chi connectivity index (χ4v) is 1.58. The lowest BCUT2D eigenvalue weighted by atomic mass is 10.1. The van der Waals surface area contributed by atoms with Crippen LogP contribution in [-0.4, -0.2) is 29.3 Å². The molecule has 2 rings (SSSR count). The molecule has 1 amide bonds. The molecule has 0 bridgehead atoms. The molecule has 8 heteroatoms. The van der Waals surface area contributed by atoms with Gasteiger partial charge in [0.1, 0.15) is 0 Å². The van der Waals surface area contributed by atoms with E-state index in [-0.39, 0.29) is 22.8 Å². The zero-order chi connectivity index (χ0) is 14.7. The minimum atomic E-state index is -0.627. The van der Waals surface area contributed by atoms with E-state index in [0.717, 1.165) is 5.56 Å². The van der Waals surface area contributed by atoms with Crippen molar-refractivity contribution < 1.29 is 19.0 Å². The van der Waals surface area contributed by atoms with Gasteiger partial charge in [0.15, 0.2) is 0 Å². The van der Waals surface area contributed by atoms with E-state index in [2.05, 4.69) is 25.0 Å². The van der Waals surface area contributed by atoms with E-state index < -0.39 is 11.9 Å². The second-order valence-electron chi connectivity index (χ2n) is 3.99. The number of rotatable bonds is 3. The van der Waals surface area contributed by atoms with Crippen molar-refractivity contribution in [1.29, 1.82) is 0 Å². The van der Waals surface area contributed by atoms with E-state index in [9.17, 15) is 9.59 Å². The average molecular weight is 276 g/mol. The summed E-state index contributed by atoms with van der Waals surface area (Å²) in [5.41, 5.74) is 6.64. The number of nitrogen functional groups attached to an aromatic ring is 1. The highest BCUT2D eigenvalue weighted by Gasteiger charge is 2.19. The van der Waals surface area contributed by atoms with Gasteiger partial charge in [-0.1, -0.05) is 11.6 Å². The Morgan fingerprint density at radius 1 is 1.35 bits per heavy atom. The summed E-state index contributed by atoms with van der Waals surface area (Å²) in [5, 5.41) is 9.21. The number of amides is 1. The molecule has 1 heterocycles. The third kappa shape index (κ3) is 2.58. The number of ether oxygens (including phenoxy) is 1. The third-order valence-corrected chi connectivity index (χ3v) is 2.56. The minimum absolute atomic E-state index is 0.130. The zero-order valence-electron chi connectivity index (χ0n) is 10.8. The summed E-state index contributed by atoms with van der Waals surface area (Å²) in [6.07, 6.45) is 0. The van der Waals surface area contributed by atoms with Crippen LogP contribution in [0.25, 0.3) is 0 Å². The molecule has 0 aliphatic carbocycles. The number of aromatic nitrogens is 2. The molecule has 0 fully saturated rings. The lowest BCUT2D eigenvalue weighted by Crippen LogP contribution is -2.17. The van der Waals surface area contributed by atoms with Gasteiger partial charge in [-0.25, -0.2) is 9.42 Å². The van der Waals surface area contributed by atoms with Crippen molar-refractivity contribution in [2.75, 3.05) is 18.2 Å². The summed E-state index contributed by atoms with van der Waals surface area (Å²) in [6, 6.07) is 4.93. The second kappa shape index (κ2) is 5.39. The van der Waals surface area contributed by atoms with Crippen LogP contribution in [0.1, 0.15) is 26.4 Å². The van der Waals surface area contributed by atoms with Crippen LogP contribution in [0.15, 0.2) is 22.8 Å². The van der Waals surface area contributed by atoms with Crippen molar-refractivity contribution >= 4 is 23.4 Å². The van der Waals surface area contributed by atoms with Crippen molar-refractivity contribution in [3.63, 3.8) is 0 Å². The Labute approximate surface area is 113 Å². The first-order valence-electron chi connectivity index (χ1n) is 5.61. The zero-order valence-corrected chi connectivity index (χ0v) is 10.8. The first-order valence-corrected chi connectivity index (χ1v) is 5.61. The van der Waals surface area contributed by atoms with Crippen LogP contribution in [0.3, 0.4) is 0 Å². The fourth-order valence-electron chi connectivity index (χ4n) is 1.58. The van der Waals surface area contributed by atoms with Gasteiger partial charge in [0.2, 0.25) is 11.5 Å². The Hall–Kier alpha value is -2.90. The van der Waals surface area contributed by atoms with Gasteiger partial charge in [0, 0.05) is 0 Å². The number of hydrogen-bond donors (Lipinski definition) is 2. The van der Waals surface area contributed by atoms with E-state index in [4.69, 9.17) is 5.73 Å². The molecular weight excluding hydrogens is 264 g/mol. The Morgan fingerprint density at radius 2 is 2.10 bits per heavy atom. The van der Waals surface area contributed by atoms with Gasteiger partial charge >= 0.3 is 5.97 Å². The van der Waals surface area contributed by atoms with Gasteiger partial charge in [-0.15, -0.1) is 0 Å². The van der Waals surface area contributed by atoms with Crippen LogP contribution in [0.2, 0.25) is 0 Å². The Kier molecular flexibility index (Phi) is 3.65. The maximum Gasteiger partial charge on any atom is 0.339 e. The summed E-state index contributed by atoms with van der Waals surface area (Å²) >= 11 is 0. The van der Waals surface area contributed by atoms with Crippen molar-refractivity contribution in [2.45, 2.75) is 6.92 Å². The number of methoxy groups -OCH3 is 1. The molecule has 8 nitrogen and oxygen atoms in total. The normalized spacial score (nSPS) is 10.1. The van der Waals surface area contributed by atoms with Crippen molar-refractivity contribution in [3.8, 4) is 0 Å². The summed E-state index contributed by atoms with van der Waals surface area (Å²) in [6.45, 7) is 1.82. The summed E-state index contributed by atoms with van der Waals surface area (Å²) in [7, 11) is 1.26. The minimum Gasteiger partial charge on any atom is -0.465 e. The summed E-state index contributed by atoms with van der Waals surface area (Å²) in [4.78, 5) is 23.6. The number of nitrogens with one attached hydrogen (secondary N) is 1. The van der Waals surface area contributed by atoms with E-state index >= 15 is 0 Å². The van der Waals surface area contributed by atoms with Crippen molar-refractivity contribution in [1.82, 2.24) is 10.3 Å². The van der Waals surface area contributed by atoms with E-state index in [1.165, 1.54) is 7.11 Å². The molecule has 104 valence electrons. The molecule has 0 radical (unpaired) electrons. The Balaban J connectivity index is 2.32. The molecule has 0 aliphatic heterocycles. The van der Waals surface area contributed by atoms with Crippen LogP contribution < -0.4 is 11.1 Å². The van der Waals surface area contributed by atoms with E-state index in [1.54, 1.807) is 18.2 Å². The first-order chi connectivity index (χ1) is 9.52. The highest BCUT2D eigenvalue weighted by atomic mass is 16.6. The number of carbonyl (C=O) groups excluding carboxylic acids is 2. The van der Waals surface area contributed by atoms with Crippen LogP contribution >= 0.6 is 0 Å². The number of hydrogen-bond acceptors (Lipinski definition) is 7. The SMILES string of the molecule is COC(=O)c1cc(C)ccc1NC(=O)c1nonc1N. The molecule has 0 unspecified atom stereocenters. The largest absolute Gasteiger partial charge is 0.465 e. The summed E-state index contributed by atoms with van der Waals surface area (Å²) in [5.74, 6) is -1.32. The molecule has 20 heavy (non-hydrogen) atoms. The maximum atomic E-state index is 11.9. The highest BCUT2D eigenvalue weighted by molar-refractivity contribution is 6.08. The van der Waals surface area contributed by atoms with Crippen molar-refractivity contribution in [3.05, 3.63) is 35.0 Å². The predicted molar refractivity (Wildman–Crippen MR) is 69.2 cm³/mol. The smallest absolute Gasteiger partial charge is 0.339 e. The number of anilines is 2. The number of aryl methyl sites for hydroxylation is 1. The number of nitrogens with zero attached hydrogens (tertiary/aromatic N) is 2. The number of carbonyl (C=O) groups is 2. The number of nitrogens with two attached hydrogens (primary N) is 1. The van der Waals surface area contributed by atoms with Crippen LogP contribution in [-0.2, 0) is 4.74 Å². The van der Waals surface area contributed by atoms with Crippen LogP contribution in [0.5, 0.6) is 0 Å². The molecule has 1 aromatic carbocycles. The Bertz CT molecular complexity index is 665. The molecule has 2 aromatic rings. The first kappa shape index (κ1) is 13.5. The lowest BCUT2D eigenvalue weighted by molar-refractivity contribution is 0.0602. The van der Waals surface area contributed by atoms with Gasteiger partial charge < -0.3 is 15.8 Å². The summed E-state index contributed by atoms with van der Waals surface area (Å²) < 4.78 is 9.01. The standard InChI is InChI=1S/C12H12N4O4/c1-6-3-4-8(7(5-6)12(18)19-2)14-11(17)9-10(13)16-20-15-9/h3-5H,1-2H3,(H2,13,16)(H,14,17). The lowest BCUT2D eigenvalue weighted by Gasteiger charge is -2.09. The topological polar surface area (TPSA) is 120 Å². The van der Waals surface area contributed by atoms with E-state index in [1.807, 2.05) is 6.92 Å². The molecule has 1 aromatic heterocycles. The molecule has 0 aliphatic rings. The quantitative estimate of drug-likeness (QED) is 0.802. The van der Waals surface area contributed by atoms with Gasteiger partial charge in [0.05, 0.1) is 18.4 Å². The van der Waals surface area contributed by atoms with Gasteiger partial charge in [0.25, 0.3) is 5.91 Å². The highest BCUT2D eigenvalue weighted by Crippen LogP contribution is 2.19. The molecule has 3 N–H and O–H groups in total. The predicted octanol–water partition coefficient (Wildman–Crippen LogP) is 0.999. The molecule has 0 spiro atoms. The molecule has 0 atom stereocenters. The maximum absolute atomic E-state index is 11.9. The van der Waals surface area contributed by atoms with Crippen LogP contribution in [0, 0.1) is 6.92 Å². The van der Waals surface area contributed by atoms with Crippen LogP contribution in [0.4, 0.5) is 11.5 Å². The van der Waals surface area contributed by atoms with E-state index in [0.29, 0.717) is 0 Å². The van der Waals surface area contributed by atoms with Crippen molar-refractivity contribution in [2.24, 2.45) is 0 Å². The molecule has 0 saturated heterocycles. The number of benzene rings is 1.